The van der Waals surface area contributed by atoms with E-state index in [4.69, 9.17) is 0 Å². The number of anilines is 2. The molecule has 0 unspecified atom stereocenters. The lowest BCUT2D eigenvalue weighted by Crippen LogP contribution is -2.40. The number of aliphatic carboxylic acids is 1. The van der Waals surface area contributed by atoms with E-state index in [2.05, 4.69) is 10.6 Å². The number of hydrogen-bond donors (Lipinski definition) is 3. The summed E-state index contributed by atoms with van der Waals surface area (Å²) in [5.41, 5.74) is 5.89. The fourth-order valence-electron chi connectivity index (χ4n) is 4.15. The quantitative estimate of drug-likeness (QED) is 0.484. The molecule has 0 bridgehead atoms. The minimum Gasteiger partial charge on any atom is -0.480 e. The van der Waals surface area contributed by atoms with Gasteiger partial charge in [0.05, 0.1) is 0 Å². The van der Waals surface area contributed by atoms with Crippen LogP contribution in [0.2, 0.25) is 0 Å². The molecule has 34 heavy (non-hydrogen) atoms. The number of carboxylic acids is 1. The normalized spacial score (nSPS) is 15.1. The van der Waals surface area contributed by atoms with Crippen LogP contribution < -0.4 is 10.6 Å². The van der Waals surface area contributed by atoms with Gasteiger partial charge in [-0.2, -0.15) is 0 Å². The average molecular weight is 458 g/mol. The Labute approximate surface area is 198 Å². The van der Waals surface area contributed by atoms with E-state index in [9.17, 15) is 19.5 Å². The largest absolute Gasteiger partial charge is 0.480 e. The van der Waals surface area contributed by atoms with Gasteiger partial charge in [0, 0.05) is 23.5 Å². The Bertz CT molecular complexity index is 1220. The molecular formula is C27H27N3O4. The molecule has 7 nitrogen and oxygen atoms in total. The lowest BCUT2D eigenvalue weighted by atomic mass is 10.0. The third-order valence-corrected chi connectivity index (χ3v) is 6.26. The van der Waals surface area contributed by atoms with Gasteiger partial charge in [0.15, 0.2) is 0 Å². The molecule has 3 amide bonds. The molecule has 0 aromatic heterocycles. The molecule has 0 aliphatic carbocycles. The van der Waals surface area contributed by atoms with Crippen molar-refractivity contribution in [3.05, 3.63) is 83.4 Å². The lowest BCUT2D eigenvalue weighted by Gasteiger charge is -2.21. The number of amides is 3. The topological polar surface area (TPSA) is 98.7 Å². The van der Waals surface area contributed by atoms with Gasteiger partial charge in [-0.1, -0.05) is 36.4 Å². The van der Waals surface area contributed by atoms with Gasteiger partial charge >= 0.3 is 12.0 Å². The molecule has 0 radical (unpaired) electrons. The molecule has 1 aliphatic heterocycles. The van der Waals surface area contributed by atoms with Crippen molar-refractivity contribution in [3.63, 3.8) is 0 Å². The molecule has 1 fully saturated rings. The van der Waals surface area contributed by atoms with Gasteiger partial charge in [0.2, 0.25) is 0 Å². The van der Waals surface area contributed by atoms with Gasteiger partial charge in [0.1, 0.15) is 6.04 Å². The second kappa shape index (κ2) is 9.79. The molecule has 174 valence electrons. The lowest BCUT2D eigenvalue weighted by molar-refractivity contribution is -0.141. The molecule has 1 heterocycles. The van der Waals surface area contributed by atoms with E-state index in [1.807, 2.05) is 68.4 Å². The summed E-state index contributed by atoms with van der Waals surface area (Å²) < 4.78 is 0. The summed E-state index contributed by atoms with van der Waals surface area (Å²) >= 11 is 0. The van der Waals surface area contributed by atoms with E-state index >= 15 is 0 Å². The van der Waals surface area contributed by atoms with E-state index in [1.54, 1.807) is 12.1 Å². The Morgan fingerprint density at radius 2 is 1.53 bits per heavy atom. The smallest absolute Gasteiger partial charge is 0.326 e. The highest BCUT2D eigenvalue weighted by Crippen LogP contribution is 2.25. The Balaban J connectivity index is 1.40. The Morgan fingerprint density at radius 3 is 2.18 bits per heavy atom. The van der Waals surface area contributed by atoms with Crippen molar-refractivity contribution in [2.75, 3.05) is 17.2 Å². The minimum atomic E-state index is -0.959. The zero-order chi connectivity index (χ0) is 24.2. The van der Waals surface area contributed by atoms with Crippen molar-refractivity contribution in [1.29, 1.82) is 0 Å². The number of carbonyl (C=O) groups is 3. The summed E-state index contributed by atoms with van der Waals surface area (Å²) in [6.07, 6.45) is 1.19. The first-order valence-electron chi connectivity index (χ1n) is 11.2. The van der Waals surface area contributed by atoms with Crippen LogP contribution in [0, 0.1) is 13.8 Å². The first-order valence-corrected chi connectivity index (χ1v) is 11.2. The van der Waals surface area contributed by atoms with Crippen molar-refractivity contribution in [2.45, 2.75) is 32.7 Å². The zero-order valence-electron chi connectivity index (χ0n) is 19.2. The number of hydrogen-bond acceptors (Lipinski definition) is 3. The average Bonchev–Trinajstić information content (AvgIpc) is 3.33. The fraction of sp³-hybridized carbons (Fsp3) is 0.222. The van der Waals surface area contributed by atoms with Crippen molar-refractivity contribution in [3.8, 4) is 11.1 Å². The van der Waals surface area contributed by atoms with Crippen LogP contribution in [0.15, 0.2) is 66.7 Å². The molecule has 3 aromatic rings. The van der Waals surface area contributed by atoms with E-state index < -0.39 is 12.0 Å². The first kappa shape index (κ1) is 23.0. The van der Waals surface area contributed by atoms with Crippen LogP contribution >= 0.6 is 0 Å². The number of likely N-dealkylation sites (tertiary alicyclic amines) is 1. The van der Waals surface area contributed by atoms with Gasteiger partial charge in [-0.05, 0) is 79.3 Å². The molecule has 1 aliphatic rings. The summed E-state index contributed by atoms with van der Waals surface area (Å²) in [5.74, 6) is -1.22. The van der Waals surface area contributed by atoms with Crippen LogP contribution in [-0.4, -0.2) is 40.5 Å². The number of nitrogens with zero attached hydrogens (tertiary/aromatic N) is 1. The highest BCUT2D eigenvalue weighted by Gasteiger charge is 2.34. The highest BCUT2D eigenvalue weighted by molar-refractivity contribution is 6.00. The van der Waals surface area contributed by atoms with Crippen LogP contribution in [-0.2, 0) is 4.79 Å². The van der Waals surface area contributed by atoms with E-state index in [0.29, 0.717) is 30.6 Å². The summed E-state index contributed by atoms with van der Waals surface area (Å²) in [6.45, 7) is 4.43. The Kier molecular flexibility index (Phi) is 6.63. The number of carboxylic acid groups (broad SMARTS) is 1. The summed E-state index contributed by atoms with van der Waals surface area (Å²) in [4.78, 5) is 37.9. The summed E-state index contributed by atoms with van der Waals surface area (Å²) in [5, 5.41) is 15.0. The summed E-state index contributed by atoms with van der Waals surface area (Å²) in [7, 11) is 0. The molecule has 0 spiro atoms. The number of benzene rings is 3. The number of rotatable bonds is 5. The maximum atomic E-state index is 12.7. The van der Waals surface area contributed by atoms with Crippen LogP contribution in [0.25, 0.3) is 11.1 Å². The Hall–Kier alpha value is -4.13. The first-order chi connectivity index (χ1) is 16.3. The SMILES string of the molecule is Cc1cccc(NC(=O)Nc2ccc(-c3ccc(C(=O)N4CCC[C@@H]4C(=O)O)cc3)cc2)c1C. The van der Waals surface area contributed by atoms with E-state index in [0.717, 1.165) is 27.9 Å². The van der Waals surface area contributed by atoms with Crippen LogP contribution in [0.3, 0.4) is 0 Å². The number of aryl methyl sites for hydroxylation is 1. The maximum absolute atomic E-state index is 12.7. The summed E-state index contributed by atoms with van der Waals surface area (Å²) in [6, 6.07) is 19.3. The van der Waals surface area contributed by atoms with Gasteiger partial charge in [-0.25, -0.2) is 9.59 Å². The second-order valence-corrected chi connectivity index (χ2v) is 8.48. The third kappa shape index (κ3) is 4.93. The van der Waals surface area contributed by atoms with Crippen LogP contribution in [0.5, 0.6) is 0 Å². The monoisotopic (exact) mass is 457 g/mol. The molecule has 4 rings (SSSR count). The van der Waals surface area contributed by atoms with Crippen LogP contribution in [0.1, 0.15) is 34.3 Å². The molecular weight excluding hydrogens is 430 g/mol. The second-order valence-electron chi connectivity index (χ2n) is 8.48. The standard InChI is InChI=1S/C27H27N3O4/c1-17-5-3-6-23(18(17)2)29-27(34)28-22-14-12-20(13-15-22)19-8-10-21(11-9-19)25(31)30-16-4-7-24(30)26(32)33/h3,5-6,8-15,24H,4,7,16H2,1-2H3,(H,32,33)(H2,28,29,34)/t24-/m1/s1. The molecule has 7 heteroatoms. The zero-order valence-corrected chi connectivity index (χ0v) is 19.2. The Morgan fingerprint density at radius 1 is 0.882 bits per heavy atom. The number of carbonyl (C=O) groups excluding carboxylic acids is 2. The predicted octanol–water partition coefficient (Wildman–Crippen LogP) is 5.30. The van der Waals surface area contributed by atoms with Crippen molar-refractivity contribution >= 4 is 29.3 Å². The van der Waals surface area contributed by atoms with Gasteiger partial charge in [0.25, 0.3) is 5.91 Å². The van der Waals surface area contributed by atoms with Gasteiger partial charge in [-0.3, -0.25) is 4.79 Å². The third-order valence-electron chi connectivity index (χ3n) is 6.26. The molecule has 0 saturated carbocycles. The molecule has 1 saturated heterocycles. The van der Waals surface area contributed by atoms with Crippen molar-refractivity contribution in [2.24, 2.45) is 0 Å². The predicted molar refractivity (Wildman–Crippen MR) is 132 cm³/mol. The van der Waals surface area contributed by atoms with E-state index in [-0.39, 0.29) is 11.9 Å². The minimum absolute atomic E-state index is 0.258. The molecule has 3 aromatic carbocycles. The fourth-order valence-corrected chi connectivity index (χ4v) is 4.15. The maximum Gasteiger partial charge on any atom is 0.326 e. The van der Waals surface area contributed by atoms with Gasteiger partial charge < -0.3 is 20.6 Å². The van der Waals surface area contributed by atoms with Crippen LogP contribution in [0.4, 0.5) is 16.2 Å². The van der Waals surface area contributed by atoms with Crippen molar-refractivity contribution < 1.29 is 19.5 Å². The number of nitrogens with one attached hydrogen (secondary N) is 2. The number of urea groups is 1. The van der Waals surface area contributed by atoms with E-state index in [1.165, 1.54) is 4.90 Å². The van der Waals surface area contributed by atoms with Gasteiger partial charge in [-0.15, -0.1) is 0 Å². The molecule has 3 N–H and O–H groups in total. The molecule has 1 atom stereocenters. The highest BCUT2D eigenvalue weighted by atomic mass is 16.4. The van der Waals surface area contributed by atoms with Crippen molar-refractivity contribution in [1.82, 2.24) is 4.90 Å².